The van der Waals surface area contributed by atoms with Gasteiger partial charge in [0.2, 0.25) is 0 Å². The molecule has 1 N–H and O–H groups in total. The number of nitrogens with zero attached hydrogens (tertiary/aromatic N) is 5. The predicted molar refractivity (Wildman–Crippen MR) is 116 cm³/mol. The van der Waals surface area contributed by atoms with Crippen LogP contribution in [0.2, 0.25) is 0 Å². The Morgan fingerprint density at radius 1 is 1.23 bits per heavy atom. The second-order valence-corrected chi connectivity index (χ2v) is 7.74. The number of aromatic nitrogens is 5. The molecule has 4 aromatic rings. The molecule has 0 bridgehead atoms. The largest absolute Gasteiger partial charge is 0.376 e. The quantitative estimate of drug-likeness (QED) is 0.522. The zero-order chi connectivity index (χ0) is 21.2. The first kappa shape index (κ1) is 19.4. The fourth-order valence-corrected chi connectivity index (χ4v) is 3.94. The Bertz CT molecular complexity index is 1210. The van der Waals surface area contributed by atoms with Crippen molar-refractivity contribution in [2.24, 2.45) is 0 Å². The number of hydrogen-bond donors (Lipinski definition) is 1. The summed E-state index contributed by atoms with van der Waals surface area (Å²) in [6.45, 7) is 3.92. The van der Waals surface area contributed by atoms with Crippen LogP contribution in [0.25, 0.3) is 17.0 Å². The molecule has 8 heteroatoms. The number of imidazole rings is 2. The second-order valence-electron chi connectivity index (χ2n) is 7.74. The number of fused-ring (bicyclic) bond motifs is 1. The van der Waals surface area contributed by atoms with E-state index in [0.717, 1.165) is 42.0 Å². The number of pyridine rings is 2. The lowest BCUT2D eigenvalue weighted by atomic mass is 10.2. The molecule has 0 aromatic carbocycles. The van der Waals surface area contributed by atoms with Gasteiger partial charge in [-0.15, -0.1) is 0 Å². The molecule has 1 aliphatic rings. The van der Waals surface area contributed by atoms with Crippen LogP contribution in [0.5, 0.6) is 0 Å². The number of carbonyl (C=O) groups excluding carboxylic acids is 1. The lowest BCUT2D eigenvalue weighted by Gasteiger charge is -2.09. The van der Waals surface area contributed by atoms with Gasteiger partial charge in [-0.25, -0.2) is 9.97 Å². The monoisotopic (exact) mass is 416 g/mol. The number of hydrogen-bond acceptors (Lipinski definition) is 5. The third-order valence-corrected chi connectivity index (χ3v) is 5.59. The molecule has 31 heavy (non-hydrogen) atoms. The van der Waals surface area contributed by atoms with Crippen LogP contribution in [0.4, 0.5) is 0 Å². The van der Waals surface area contributed by atoms with Crippen molar-refractivity contribution in [2.75, 3.05) is 13.2 Å². The molecule has 158 valence electrons. The fraction of sp³-hybridized carbons (Fsp3) is 0.304. The molecular weight excluding hydrogens is 392 g/mol. The Labute approximate surface area is 179 Å². The van der Waals surface area contributed by atoms with E-state index in [1.807, 2.05) is 54.0 Å². The van der Waals surface area contributed by atoms with Gasteiger partial charge in [0.25, 0.3) is 5.91 Å². The van der Waals surface area contributed by atoms with E-state index in [1.165, 1.54) is 0 Å². The maximum absolute atomic E-state index is 12.9. The van der Waals surface area contributed by atoms with Gasteiger partial charge in [-0.1, -0.05) is 6.07 Å². The van der Waals surface area contributed by atoms with Gasteiger partial charge in [0.1, 0.15) is 11.5 Å². The number of nitrogens with one attached hydrogen (secondary N) is 1. The summed E-state index contributed by atoms with van der Waals surface area (Å²) in [5.74, 6) is 1.33. The van der Waals surface area contributed by atoms with Gasteiger partial charge in [0, 0.05) is 44.5 Å². The smallest absolute Gasteiger partial charge is 0.272 e. The van der Waals surface area contributed by atoms with Crippen molar-refractivity contribution in [1.29, 1.82) is 0 Å². The average molecular weight is 416 g/mol. The molecule has 0 aliphatic carbocycles. The first-order chi connectivity index (χ1) is 15.2. The van der Waals surface area contributed by atoms with Crippen LogP contribution in [0.3, 0.4) is 0 Å². The standard InChI is InChI=1S/C23H24N6O2/c1-16-26-19(15-28(16)14-17-7-9-24-10-8-17)22-27-21(20-6-2-3-11-29(20)22)23(30)25-13-18-5-4-12-31-18/h2-3,6-11,15,18H,4-5,12-14H2,1H3,(H,25,30). The normalized spacial score (nSPS) is 16.1. The third kappa shape index (κ3) is 3.94. The summed E-state index contributed by atoms with van der Waals surface area (Å²) in [6, 6.07) is 9.71. The third-order valence-electron chi connectivity index (χ3n) is 5.59. The summed E-state index contributed by atoms with van der Waals surface area (Å²) in [7, 11) is 0. The Balaban J connectivity index is 1.45. The molecule has 0 radical (unpaired) electrons. The van der Waals surface area contributed by atoms with E-state index in [0.29, 0.717) is 24.6 Å². The SMILES string of the molecule is Cc1nc(-c2nc(C(=O)NCC3CCCO3)c3ccccn23)cn1Cc1ccncc1. The molecule has 5 rings (SSSR count). The van der Waals surface area contributed by atoms with Crippen LogP contribution in [0.1, 0.15) is 34.7 Å². The van der Waals surface area contributed by atoms with Crippen molar-refractivity contribution < 1.29 is 9.53 Å². The summed E-state index contributed by atoms with van der Waals surface area (Å²) in [6.07, 6.45) is 9.56. The highest BCUT2D eigenvalue weighted by atomic mass is 16.5. The molecule has 1 unspecified atom stereocenters. The molecule has 0 spiro atoms. The highest BCUT2D eigenvalue weighted by molar-refractivity contribution is 6.00. The van der Waals surface area contributed by atoms with Crippen molar-refractivity contribution in [3.05, 3.63) is 72.2 Å². The van der Waals surface area contributed by atoms with Crippen LogP contribution in [0.15, 0.2) is 55.1 Å². The molecule has 8 nitrogen and oxygen atoms in total. The van der Waals surface area contributed by atoms with Gasteiger partial charge in [-0.05, 0) is 49.6 Å². The van der Waals surface area contributed by atoms with E-state index < -0.39 is 0 Å². The second kappa shape index (κ2) is 8.31. The molecule has 1 fully saturated rings. The molecule has 4 aromatic heterocycles. The van der Waals surface area contributed by atoms with Crippen LogP contribution in [-0.4, -0.2) is 49.1 Å². The van der Waals surface area contributed by atoms with Gasteiger partial charge < -0.3 is 14.6 Å². The van der Waals surface area contributed by atoms with E-state index in [1.54, 1.807) is 12.4 Å². The predicted octanol–water partition coefficient (Wildman–Crippen LogP) is 2.86. The van der Waals surface area contributed by atoms with Gasteiger partial charge >= 0.3 is 0 Å². The van der Waals surface area contributed by atoms with E-state index in [2.05, 4.69) is 14.9 Å². The lowest BCUT2D eigenvalue weighted by Crippen LogP contribution is -2.32. The minimum absolute atomic E-state index is 0.0869. The summed E-state index contributed by atoms with van der Waals surface area (Å²) in [5.41, 5.74) is 3.02. The molecule has 1 aliphatic heterocycles. The van der Waals surface area contributed by atoms with E-state index >= 15 is 0 Å². The number of carbonyl (C=O) groups is 1. The van der Waals surface area contributed by atoms with Gasteiger partial charge in [-0.2, -0.15) is 0 Å². The molecule has 1 amide bonds. The summed E-state index contributed by atoms with van der Waals surface area (Å²) in [4.78, 5) is 26.4. The van der Waals surface area contributed by atoms with E-state index in [9.17, 15) is 4.79 Å². The van der Waals surface area contributed by atoms with Crippen molar-refractivity contribution in [3.8, 4) is 11.5 Å². The Morgan fingerprint density at radius 3 is 2.90 bits per heavy atom. The van der Waals surface area contributed by atoms with Crippen LogP contribution >= 0.6 is 0 Å². The van der Waals surface area contributed by atoms with Crippen LogP contribution in [-0.2, 0) is 11.3 Å². The summed E-state index contributed by atoms with van der Waals surface area (Å²) < 4.78 is 9.60. The maximum atomic E-state index is 12.9. The van der Waals surface area contributed by atoms with Crippen molar-refractivity contribution in [3.63, 3.8) is 0 Å². The molecule has 0 saturated carbocycles. The molecular formula is C23H24N6O2. The van der Waals surface area contributed by atoms with Crippen molar-refractivity contribution >= 4 is 11.4 Å². The van der Waals surface area contributed by atoms with Gasteiger partial charge in [0.15, 0.2) is 11.5 Å². The van der Waals surface area contributed by atoms with E-state index in [4.69, 9.17) is 14.7 Å². The van der Waals surface area contributed by atoms with Crippen molar-refractivity contribution in [1.82, 2.24) is 29.2 Å². The highest BCUT2D eigenvalue weighted by Gasteiger charge is 2.22. The zero-order valence-electron chi connectivity index (χ0n) is 17.4. The fourth-order valence-electron chi connectivity index (χ4n) is 3.94. The lowest BCUT2D eigenvalue weighted by molar-refractivity contribution is 0.0855. The minimum atomic E-state index is -0.196. The Morgan fingerprint density at radius 2 is 2.10 bits per heavy atom. The van der Waals surface area contributed by atoms with Crippen LogP contribution in [0, 0.1) is 6.92 Å². The Hall–Kier alpha value is -3.52. The van der Waals surface area contributed by atoms with E-state index in [-0.39, 0.29) is 12.0 Å². The number of amides is 1. The van der Waals surface area contributed by atoms with Crippen molar-refractivity contribution in [2.45, 2.75) is 32.4 Å². The maximum Gasteiger partial charge on any atom is 0.272 e. The summed E-state index contributed by atoms with van der Waals surface area (Å²) in [5, 5.41) is 2.98. The highest BCUT2D eigenvalue weighted by Crippen LogP contribution is 2.23. The number of aryl methyl sites for hydroxylation is 1. The topological polar surface area (TPSA) is 86.3 Å². The summed E-state index contributed by atoms with van der Waals surface area (Å²) >= 11 is 0. The first-order valence-electron chi connectivity index (χ1n) is 10.5. The zero-order valence-corrected chi connectivity index (χ0v) is 17.4. The molecule has 5 heterocycles. The number of ether oxygens (including phenoxy) is 1. The molecule has 1 atom stereocenters. The average Bonchev–Trinajstić information content (AvgIpc) is 3.52. The van der Waals surface area contributed by atoms with Gasteiger partial charge in [-0.3, -0.25) is 14.2 Å². The van der Waals surface area contributed by atoms with Crippen LogP contribution < -0.4 is 5.32 Å². The Kier molecular flexibility index (Phi) is 5.21. The molecule has 1 saturated heterocycles. The van der Waals surface area contributed by atoms with Gasteiger partial charge in [0.05, 0.1) is 11.6 Å². The first-order valence-corrected chi connectivity index (χ1v) is 10.5. The number of rotatable bonds is 6. The minimum Gasteiger partial charge on any atom is -0.376 e.